The molecule has 1 aromatic carbocycles. The number of aromatic nitrogens is 1. The largest absolute Gasteiger partial charge is 0.459 e. The Bertz CT molecular complexity index is 734. The van der Waals surface area contributed by atoms with E-state index in [-0.39, 0.29) is 6.04 Å². The van der Waals surface area contributed by atoms with Crippen LogP contribution in [0.5, 0.6) is 0 Å². The molecular weight excluding hydrogens is 316 g/mol. The number of anilines is 1. The van der Waals surface area contributed by atoms with Gasteiger partial charge in [0, 0.05) is 15.6 Å². The molecule has 102 valence electrons. The van der Waals surface area contributed by atoms with Gasteiger partial charge in [-0.1, -0.05) is 15.9 Å². The third kappa shape index (κ3) is 2.70. The average molecular weight is 331 g/mol. The number of pyridine rings is 1. The maximum atomic E-state index is 5.88. The number of nitrogens with zero attached hydrogens (tertiary/aromatic N) is 1. The van der Waals surface area contributed by atoms with Crippen molar-refractivity contribution in [2.24, 2.45) is 0 Å². The van der Waals surface area contributed by atoms with Crippen molar-refractivity contribution < 1.29 is 4.42 Å². The van der Waals surface area contributed by atoms with Gasteiger partial charge in [0.25, 0.3) is 0 Å². The highest BCUT2D eigenvalue weighted by molar-refractivity contribution is 9.10. The number of rotatable bonds is 3. The zero-order valence-corrected chi connectivity index (χ0v) is 12.9. The summed E-state index contributed by atoms with van der Waals surface area (Å²) in [5, 5.41) is 4.49. The number of fused-ring (bicyclic) bond motifs is 1. The fraction of sp³-hybridized carbons (Fsp3) is 0.188. The molecule has 2 heterocycles. The molecule has 3 aromatic rings. The van der Waals surface area contributed by atoms with E-state index in [0.29, 0.717) is 0 Å². The highest BCUT2D eigenvalue weighted by Gasteiger charge is 2.11. The minimum absolute atomic E-state index is 0.0886. The van der Waals surface area contributed by atoms with Crippen molar-refractivity contribution in [2.45, 2.75) is 19.9 Å². The molecule has 0 aliphatic heterocycles. The molecule has 3 nitrogen and oxygen atoms in total. The molecule has 0 amide bonds. The summed E-state index contributed by atoms with van der Waals surface area (Å²) in [6.45, 7) is 4.05. The standard InChI is InChI=1S/C16H15BrN2O/c1-10-3-5-14(9-18-10)19-11(2)16-8-12-7-13(17)4-6-15(12)20-16/h3-9,11,19H,1-2H3. The Labute approximate surface area is 126 Å². The summed E-state index contributed by atoms with van der Waals surface area (Å²) in [6.07, 6.45) is 1.84. The van der Waals surface area contributed by atoms with E-state index in [2.05, 4.69) is 45.3 Å². The number of aryl methyl sites for hydroxylation is 1. The van der Waals surface area contributed by atoms with Crippen LogP contribution in [0, 0.1) is 6.92 Å². The Kier molecular flexibility index (Phi) is 3.49. The van der Waals surface area contributed by atoms with Gasteiger partial charge in [0.2, 0.25) is 0 Å². The lowest BCUT2D eigenvalue weighted by Gasteiger charge is -2.12. The Morgan fingerprint density at radius 3 is 2.80 bits per heavy atom. The van der Waals surface area contributed by atoms with E-state index >= 15 is 0 Å². The number of nitrogens with one attached hydrogen (secondary N) is 1. The second kappa shape index (κ2) is 5.29. The van der Waals surface area contributed by atoms with Crippen LogP contribution in [-0.4, -0.2) is 4.98 Å². The van der Waals surface area contributed by atoms with E-state index in [1.807, 2.05) is 37.4 Å². The lowest BCUT2D eigenvalue weighted by Crippen LogP contribution is -2.05. The summed E-state index contributed by atoms with van der Waals surface area (Å²) < 4.78 is 6.93. The number of hydrogen-bond donors (Lipinski definition) is 1. The SMILES string of the molecule is Cc1ccc(NC(C)c2cc3cc(Br)ccc3o2)cn1. The molecule has 0 saturated heterocycles. The van der Waals surface area contributed by atoms with Gasteiger partial charge in [-0.25, -0.2) is 0 Å². The summed E-state index contributed by atoms with van der Waals surface area (Å²) in [6, 6.07) is 12.2. The van der Waals surface area contributed by atoms with Crippen LogP contribution in [0.15, 0.2) is 51.5 Å². The highest BCUT2D eigenvalue weighted by atomic mass is 79.9. The van der Waals surface area contributed by atoms with E-state index in [1.54, 1.807) is 0 Å². The van der Waals surface area contributed by atoms with Crippen molar-refractivity contribution in [3.63, 3.8) is 0 Å². The molecule has 0 fully saturated rings. The van der Waals surface area contributed by atoms with Crippen molar-refractivity contribution in [3.8, 4) is 0 Å². The van der Waals surface area contributed by atoms with Crippen LogP contribution in [-0.2, 0) is 0 Å². The molecule has 0 spiro atoms. The monoisotopic (exact) mass is 330 g/mol. The van der Waals surface area contributed by atoms with Crippen molar-refractivity contribution >= 4 is 32.6 Å². The van der Waals surface area contributed by atoms with Gasteiger partial charge in [-0.15, -0.1) is 0 Å². The van der Waals surface area contributed by atoms with E-state index in [4.69, 9.17) is 4.42 Å². The van der Waals surface area contributed by atoms with Gasteiger partial charge < -0.3 is 9.73 Å². The summed E-state index contributed by atoms with van der Waals surface area (Å²) >= 11 is 3.47. The van der Waals surface area contributed by atoms with Gasteiger partial charge in [0.05, 0.1) is 17.9 Å². The first-order valence-electron chi connectivity index (χ1n) is 6.50. The molecule has 0 saturated carbocycles. The normalized spacial score (nSPS) is 12.6. The molecule has 1 N–H and O–H groups in total. The zero-order valence-electron chi connectivity index (χ0n) is 11.4. The van der Waals surface area contributed by atoms with Gasteiger partial charge in [-0.05, 0) is 50.2 Å². The molecule has 4 heteroatoms. The van der Waals surface area contributed by atoms with Crippen LogP contribution in [0.25, 0.3) is 11.0 Å². The first kappa shape index (κ1) is 13.2. The van der Waals surface area contributed by atoms with Gasteiger partial charge >= 0.3 is 0 Å². The van der Waals surface area contributed by atoms with Gasteiger partial charge in [0.1, 0.15) is 11.3 Å². The minimum atomic E-state index is 0.0886. The van der Waals surface area contributed by atoms with Crippen LogP contribution >= 0.6 is 15.9 Å². The topological polar surface area (TPSA) is 38.1 Å². The molecule has 2 aromatic heterocycles. The van der Waals surface area contributed by atoms with E-state index in [0.717, 1.165) is 32.6 Å². The third-order valence-electron chi connectivity index (χ3n) is 3.22. The molecule has 1 unspecified atom stereocenters. The predicted octanol–water partition coefficient (Wildman–Crippen LogP) is 5.07. The second-order valence-corrected chi connectivity index (χ2v) is 5.80. The highest BCUT2D eigenvalue weighted by Crippen LogP contribution is 2.28. The summed E-state index contributed by atoms with van der Waals surface area (Å²) in [4.78, 5) is 4.28. The predicted molar refractivity (Wildman–Crippen MR) is 84.9 cm³/mol. The maximum absolute atomic E-state index is 5.88. The van der Waals surface area contributed by atoms with Crippen LogP contribution in [0.3, 0.4) is 0 Å². The number of hydrogen-bond acceptors (Lipinski definition) is 3. The van der Waals surface area contributed by atoms with E-state index in [9.17, 15) is 0 Å². The number of furan rings is 1. The smallest absolute Gasteiger partial charge is 0.134 e. The minimum Gasteiger partial charge on any atom is -0.459 e. The quantitative estimate of drug-likeness (QED) is 0.728. The lowest BCUT2D eigenvalue weighted by molar-refractivity contribution is 0.526. The van der Waals surface area contributed by atoms with Crippen LogP contribution in [0.2, 0.25) is 0 Å². The first-order valence-corrected chi connectivity index (χ1v) is 7.29. The van der Waals surface area contributed by atoms with Gasteiger partial charge in [0.15, 0.2) is 0 Å². The van der Waals surface area contributed by atoms with Crippen molar-refractivity contribution in [3.05, 3.63) is 58.5 Å². The van der Waals surface area contributed by atoms with Crippen LogP contribution in [0.1, 0.15) is 24.4 Å². The molecule has 0 aliphatic rings. The molecule has 0 radical (unpaired) electrons. The van der Waals surface area contributed by atoms with Gasteiger partial charge in [-0.2, -0.15) is 0 Å². The fourth-order valence-electron chi connectivity index (χ4n) is 2.12. The summed E-state index contributed by atoms with van der Waals surface area (Å²) in [7, 11) is 0. The number of halogens is 1. The lowest BCUT2D eigenvalue weighted by atomic mass is 10.2. The average Bonchev–Trinajstić information content (AvgIpc) is 2.84. The van der Waals surface area contributed by atoms with E-state index in [1.165, 1.54) is 0 Å². The molecular formula is C16H15BrN2O. The van der Waals surface area contributed by atoms with Crippen LogP contribution in [0.4, 0.5) is 5.69 Å². The zero-order chi connectivity index (χ0) is 14.1. The summed E-state index contributed by atoms with van der Waals surface area (Å²) in [5.41, 5.74) is 2.90. The first-order chi connectivity index (χ1) is 9.61. The third-order valence-corrected chi connectivity index (χ3v) is 3.71. The second-order valence-electron chi connectivity index (χ2n) is 4.89. The Morgan fingerprint density at radius 1 is 1.20 bits per heavy atom. The molecule has 3 rings (SSSR count). The van der Waals surface area contributed by atoms with Crippen molar-refractivity contribution in [1.29, 1.82) is 0 Å². The van der Waals surface area contributed by atoms with E-state index < -0.39 is 0 Å². The molecule has 20 heavy (non-hydrogen) atoms. The summed E-state index contributed by atoms with van der Waals surface area (Å²) in [5.74, 6) is 0.915. The Hall–Kier alpha value is -1.81. The van der Waals surface area contributed by atoms with Gasteiger partial charge in [-0.3, -0.25) is 4.98 Å². The number of benzene rings is 1. The van der Waals surface area contributed by atoms with Crippen molar-refractivity contribution in [2.75, 3.05) is 5.32 Å². The maximum Gasteiger partial charge on any atom is 0.134 e. The van der Waals surface area contributed by atoms with Crippen LogP contribution < -0.4 is 5.32 Å². The molecule has 0 bridgehead atoms. The van der Waals surface area contributed by atoms with Crippen molar-refractivity contribution in [1.82, 2.24) is 4.98 Å². The Morgan fingerprint density at radius 2 is 2.05 bits per heavy atom. The molecule has 0 aliphatic carbocycles. The molecule has 1 atom stereocenters. The Balaban J connectivity index is 1.84. The fourth-order valence-corrected chi connectivity index (χ4v) is 2.50.